The van der Waals surface area contributed by atoms with Crippen LogP contribution in [0.4, 0.5) is 10.1 Å². The Balaban J connectivity index is 1.91. The van der Waals surface area contributed by atoms with Crippen molar-refractivity contribution in [2.75, 3.05) is 10.8 Å². The van der Waals surface area contributed by atoms with Crippen molar-refractivity contribution in [1.29, 1.82) is 0 Å². The van der Waals surface area contributed by atoms with Crippen LogP contribution in [0.25, 0.3) is 0 Å². The molecule has 34 heavy (non-hydrogen) atoms. The molecule has 11 heteroatoms. The first kappa shape index (κ1) is 26.6. The van der Waals surface area contributed by atoms with Gasteiger partial charge in [0.25, 0.3) is 10.0 Å². The molecule has 180 valence electrons. The van der Waals surface area contributed by atoms with Crippen molar-refractivity contribution in [1.82, 2.24) is 5.32 Å². The Bertz CT molecular complexity index is 1280. The lowest BCUT2D eigenvalue weighted by Crippen LogP contribution is -2.49. The summed E-state index contributed by atoms with van der Waals surface area (Å²) in [6.07, 6.45) is 0.312. The van der Waals surface area contributed by atoms with E-state index < -0.39 is 27.8 Å². The molecule has 0 aliphatic carbocycles. The van der Waals surface area contributed by atoms with E-state index in [1.807, 2.05) is 0 Å². The van der Waals surface area contributed by atoms with E-state index in [2.05, 4.69) is 5.32 Å². The van der Waals surface area contributed by atoms with Crippen LogP contribution < -0.4 is 9.62 Å². The molecule has 0 heterocycles. The highest BCUT2D eigenvalue weighted by atomic mass is 35.5. The number of rotatable bonds is 8. The molecule has 0 aliphatic heterocycles. The van der Waals surface area contributed by atoms with Gasteiger partial charge in [-0.25, -0.2) is 12.8 Å². The van der Waals surface area contributed by atoms with Gasteiger partial charge in [0.05, 0.1) is 10.6 Å². The van der Waals surface area contributed by atoms with E-state index in [4.69, 9.17) is 46.4 Å². The van der Waals surface area contributed by atoms with E-state index in [-0.39, 0.29) is 22.2 Å². The molecule has 0 bridgehead atoms. The number of hydrogen-bond acceptors (Lipinski definition) is 3. The third kappa shape index (κ3) is 5.96. The predicted molar refractivity (Wildman–Crippen MR) is 135 cm³/mol. The zero-order chi connectivity index (χ0) is 25.0. The summed E-state index contributed by atoms with van der Waals surface area (Å²) in [6.45, 7) is 1.48. The van der Waals surface area contributed by atoms with Crippen LogP contribution in [0.3, 0.4) is 0 Å². The van der Waals surface area contributed by atoms with Crippen LogP contribution in [0.2, 0.25) is 20.1 Å². The maximum Gasteiger partial charge on any atom is 0.265 e. The van der Waals surface area contributed by atoms with Gasteiger partial charge in [-0.3, -0.25) is 9.10 Å². The first-order valence-corrected chi connectivity index (χ1v) is 12.9. The number of nitrogens with one attached hydrogen (secondary N) is 1. The smallest absolute Gasteiger partial charge is 0.265 e. The molecular formula is C23H19Cl4FN2O3S. The second kappa shape index (κ2) is 11.1. The van der Waals surface area contributed by atoms with Crippen molar-refractivity contribution >= 4 is 68.0 Å². The average Bonchev–Trinajstić information content (AvgIpc) is 2.78. The topological polar surface area (TPSA) is 66.5 Å². The summed E-state index contributed by atoms with van der Waals surface area (Å²) in [6, 6.07) is 12.5. The summed E-state index contributed by atoms with van der Waals surface area (Å²) in [5.41, 5.74) is 0.282. The van der Waals surface area contributed by atoms with Gasteiger partial charge < -0.3 is 5.32 Å². The summed E-state index contributed by atoms with van der Waals surface area (Å²) in [7, 11) is -4.37. The van der Waals surface area contributed by atoms with Gasteiger partial charge in [-0.1, -0.05) is 52.5 Å². The average molecular weight is 564 g/mol. The van der Waals surface area contributed by atoms with E-state index >= 15 is 0 Å². The Morgan fingerprint density at radius 3 is 2.18 bits per heavy atom. The number of benzene rings is 3. The lowest BCUT2D eigenvalue weighted by molar-refractivity contribution is -0.121. The van der Waals surface area contributed by atoms with Crippen LogP contribution in [0, 0.1) is 5.82 Å². The molecule has 5 nitrogen and oxygen atoms in total. The third-order valence-electron chi connectivity index (χ3n) is 4.98. The van der Waals surface area contributed by atoms with Crippen molar-refractivity contribution in [2.24, 2.45) is 0 Å². The SMILES string of the molecule is CC(C(=O)NCCc1c(Cl)cccc1Cl)N(c1cc(Cl)ccc1F)S(=O)(=O)c1ccc(Cl)cc1. The molecule has 0 radical (unpaired) electrons. The molecule has 0 saturated carbocycles. The minimum Gasteiger partial charge on any atom is -0.354 e. The second-order valence-corrected chi connectivity index (χ2v) is 10.8. The van der Waals surface area contributed by atoms with Crippen LogP contribution in [-0.4, -0.2) is 26.9 Å². The summed E-state index contributed by atoms with van der Waals surface area (Å²) in [5.74, 6) is -1.51. The minimum atomic E-state index is -4.37. The molecule has 0 aromatic heterocycles. The Labute approximate surface area is 217 Å². The Hall–Kier alpha value is -2.03. The van der Waals surface area contributed by atoms with Crippen molar-refractivity contribution < 1.29 is 17.6 Å². The zero-order valence-corrected chi connectivity index (χ0v) is 21.6. The lowest BCUT2D eigenvalue weighted by Gasteiger charge is -2.30. The van der Waals surface area contributed by atoms with Gasteiger partial charge in [0.2, 0.25) is 5.91 Å². The molecule has 3 aromatic rings. The molecule has 3 aromatic carbocycles. The number of halogens is 5. The van der Waals surface area contributed by atoms with Crippen LogP contribution in [0.5, 0.6) is 0 Å². The number of carbonyl (C=O) groups excluding carboxylic acids is 1. The highest BCUT2D eigenvalue weighted by Crippen LogP contribution is 2.31. The largest absolute Gasteiger partial charge is 0.354 e. The van der Waals surface area contributed by atoms with Crippen molar-refractivity contribution in [3.63, 3.8) is 0 Å². The molecule has 0 saturated heterocycles. The summed E-state index contributed by atoms with van der Waals surface area (Å²) in [5, 5.41) is 3.99. The number of anilines is 1. The van der Waals surface area contributed by atoms with Gasteiger partial charge >= 0.3 is 0 Å². The molecule has 0 spiro atoms. The van der Waals surface area contributed by atoms with Crippen LogP contribution in [0.15, 0.2) is 65.6 Å². The highest BCUT2D eigenvalue weighted by Gasteiger charge is 2.35. The van der Waals surface area contributed by atoms with E-state index in [1.165, 1.54) is 37.3 Å². The second-order valence-electron chi connectivity index (χ2n) is 7.27. The molecule has 3 rings (SSSR count). The van der Waals surface area contributed by atoms with Crippen molar-refractivity contribution in [2.45, 2.75) is 24.3 Å². The van der Waals surface area contributed by atoms with E-state index in [0.29, 0.717) is 31.4 Å². The number of sulfonamides is 1. The van der Waals surface area contributed by atoms with Gasteiger partial charge in [0.15, 0.2) is 0 Å². The van der Waals surface area contributed by atoms with Crippen molar-refractivity contribution in [3.05, 3.63) is 92.1 Å². The van der Waals surface area contributed by atoms with E-state index in [1.54, 1.807) is 18.2 Å². The highest BCUT2D eigenvalue weighted by molar-refractivity contribution is 7.93. The van der Waals surface area contributed by atoms with Gasteiger partial charge in [-0.15, -0.1) is 0 Å². The summed E-state index contributed by atoms with van der Waals surface area (Å²) in [4.78, 5) is 12.8. The lowest BCUT2D eigenvalue weighted by atomic mass is 10.1. The van der Waals surface area contributed by atoms with Crippen molar-refractivity contribution in [3.8, 4) is 0 Å². The molecule has 0 fully saturated rings. The van der Waals surface area contributed by atoms with Gasteiger partial charge in [0, 0.05) is 26.6 Å². The maximum absolute atomic E-state index is 14.8. The summed E-state index contributed by atoms with van der Waals surface area (Å²) >= 11 is 24.2. The first-order chi connectivity index (χ1) is 16.0. The standard InChI is InChI=1S/C23H19Cl4FN2O3S/c1-14(23(31)29-12-11-18-19(26)3-2-4-20(18)27)30(22-13-16(25)7-10-21(22)28)34(32,33)17-8-5-15(24)6-9-17/h2-10,13-14H,11-12H2,1H3,(H,29,31). The Kier molecular flexibility index (Phi) is 8.71. The first-order valence-electron chi connectivity index (χ1n) is 9.98. The fraction of sp³-hybridized carbons (Fsp3) is 0.174. The van der Waals surface area contributed by atoms with E-state index in [0.717, 1.165) is 12.1 Å². The third-order valence-corrected chi connectivity index (χ3v) is 8.08. The molecular weight excluding hydrogens is 545 g/mol. The van der Waals surface area contributed by atoms with Gasteiger partial charge in [-0.05, 0) is 73.5 Å². The quantitative estimate of drug-likeness (QED) is 0.346. The van der Waals surface area contributed by atoms with Gasteiger partial charge in [-0.2, -0.15) is 0 Å². The number of nitrogens with zero attached hydrogens (tertiary/aromatic N) is 1. The van der Waals surface area contributed by atoms with Crippen LogP contribution >= 0.6 is 46.4 Å². The minimum absolute atomic E-state index is 0.105. The molecule has 1 N–H and O–H groups in total. The molecule has 1 unspecified atom stereocenters. The summed E-state index contributed by atoms with van der Waals surface area (Å²) < 4.78 is 42.5. The van der Waals surface area contributed by atoms with Crippen LogP contribution in [0.1, 0.15) is 12.5 Å². The normalized spacial score (nSPS) is 12.3. The predicted octanol–water partition coefficient (Wildman–Crippen LogP) is 6.38. The molecule has 0 aliphatic rings. The number of amides is 1. The monoisotopic (exact) mass is 562 g/mol. The maximum atomic E-state index is 14.8. The Morgan fingerprint density at radius 1 is 0.971 bits per heavy atom. The number of carbonyl (C=O) groups is 1. The van der Waals surface area contributed by atoms with Gasteiger partial charge in [0.1, 0.15) is 11.9 Å². The molecule has 1 amide bonds. The Morgan fingerprint density at radius 2 is 1.56 bits per heavy atom. The fourth-order valence-corrected chi connectivity index (χ4v) is 5.75. The number of hydrogen-bond donors (Lipinski definition) is 1. The zero-order valence-electron chi connectivity index (χ0n) is 17.7. The van der Waals surface area contributed by atoms with E-state index in [9.17, 15) is 17.6 Å². The van der Waals surface area contributed by atoms with Crippen LogP contribution in [-0.2, 0) is 21.2 Å². The fourth-order valence-electron chi connectivity index (χ4n) is 3.26. The molecule has 1 atom stereocenters.